The van der Waals surface area contributed by atoms with Crippen LogP contribution in [0.4, 0.5) is 0 Å². The van der Waals surface area contributed by atoms with Crippen LogP contribution in [-0.4, -0.2) is 32.4 Å². The van der Waals surface area contributed by atoms with Crippen molar-refractivity contribution in [1.29, 1.82) is 0 Å². The van der Waals surface area contributed by atoms with Crippen LogP contribution in [-0.2, 0) is 11.2 Å². The lowest BCUT2D eigenvalue weighted by molar-refractivity contribution is 0.0196. The Morgan fingerprint density at radius 3 is 2.62 bits per heavy atom. The summed E-state index contributed by atoms with van der Waals surface area (Å²) in [5, 5.41) is 3.61. The summed E-state index contributed by atoms with van der Waals surface area (Å²) in [6.45, 7) is 6.00. The van der Waals surface area contributed by atoms with Crippen LogP contribution in [0, 0.1) is 5.92 Å². The minimum Gasteiger partial charge on any atom is -0.496 e. The summed E-state index contributed by atoms with van der Waals surface area (Å²) in [5.74, 6) is 1.61. The van der Waals surface area contributed by atoms with Crippen molar-refractivity contribution in [2.45, 2.75) is 45.3 Å². The molecular weight excluding hydrogens is 330 g/mol. The van der Waals surface area contributed by atoms with E-state index in [-0.39, 0.29) is 0 Å². The zero-order valence-electron chi connectivity index (χ0n) is 13.2. The fourth-order valence-corrected chi connectivity index (χ4v) is 3.44. The van der Waals surface area contributed by atoms with Crippen molar-refractivity contribution < 1.29 is 9.47 Å². The van der Waals surface area contributed by atoms with E-state index in [0.717, 1.165) is 35.7 Å². The number of hydrogen-bond acceptors (Lipinski definition) is 3. The molecule has 0 bridgehead atoms. The highest BCUT2D eigenvalue weighted by Gasteiger charge is 2.36. The molecule has 0 saturated heterocycles. The number of halogens is 1. The van der Waals surface area contributed by atoms with Gasteiger partial charge in [0.1, 0.15) is 5.75 Å². The Bertz CT molecular complexity index is 448. The van der Waals surface area contributed by atoms with E-state index in [2.05, 4.69) is 47.2 Å². The first-order chi connectivity index (χ1) is 10.2. The van der Waals surface area contributed by atoms with Gasteiger partial charge in [0.15, 0.2) is 0 Å². The highest BCUT2D eigenvalue weighted by atomic mass is 79.9. The van der Waals surface area contributed by atoms with Gasteiger partial charge in [0.25, 0.3) is 0 Å². The summed E-state index contributed by atoms with van der Waals surface area (Å²) in [7, 11) is 1.69. The minimum absolute atomic E-state index is 0.329. The molecule has 21 heavy (non-hydrogen) atoms. The molecule has 0 heterocycles. The SMILES string of the molecule is CCNC(Cc1ccc(OC)c(Br)c1)C(OCC)C1CC1. The number of nitrogens with one attached hydrogen (secondary N) is 1. The first-order valence-electron chi connectivity index (χ1n) is 7.87. The first-order valence-corrected chi connectivity index (χ1v) is 8.66. The second-order valence-electron chi connectivity index (χ2n) is 5.59. The van der Waals surface area contributed by atoms with Gasteiger partial charge in [-0.05, 0) is 72.3 Å². The van der Waals surface area contributed by atoms with Crippen molar-refractivity contribution in [3.8, 4) is 5.75 Å². The quantitative estimate of drug-likeness (QED) is 0.730. The smallest absolute Gasteiger partial charge is 0.133 e. The predicted molar refractivity (Wildman–Crippen MR) is 90.0 cm³/mol. The lowest BCUT2D eigenvalue weighted by Crippen LogP contribution is -2.44. The molecule has 4 heteroatoms. The van der Waals surface area contributed by atoms with E-state index >= 15 is 0 Å². The van der Waals surface area contributed by atoms with Gasteiger partial charge in [-0.25, -0.2) is 0 Å². The van der Waals surface area contributed by atoms with Crippen LogP contribution >= 0.6 is 15.9 Å². The number of rotatable bonds is 9. The van der Waals surface area contributed by atoms with E-state index in [9.17, 15) is 0 Å². The molecule has 0 spiro atoms. The van der Waals surface area contributed by atoms with Crippen molar-refractivity contribution in [1.82, 2.24) is 5.32 Å². The standard InChI is InChI=1S/C17H26BrNO2/c1-4-19-15(17(21-5-2)13-7-8-13)11-12-6-9-16(20-3)14(18)10-12/h6,9-10,13,15,17,19H,4-5,7-8,11H2,1-3H3. The van der Waals surface area contributed by atoms with Gasteiger partial charge in [-0.2, -0.15) is 0 Å². The molecule has 2 atom stereocenters. The van der Waals surface area contributed by atoms with Crippen molar-refractivity contribution in [2.24, 2.45) is 5.92 Å². The maximum absolute atomic E-state index is 6.03. The Hall–Kier alpha value is -0.580. The van der Waals surface area contributed by atoms with Crippen molar-refractivity contribution >= 4 is 15.9 Å². The normalized spacial score (nSPS) is 17.5. The molecule has 118 valence electrons. The van der Waals surface area contributed by atoms with Gasteiger partial charge >= 0.3 is 0 Å². The van der Waals surface area contributed by atoms with Crippen LogP contribution in [0.5, 0.6) is 5.75 Å². The first kappa shape index (κ1) is 16.8. The monoisotopic (exact) mass is 355 g/mol. The van der Waals surface area contributed by atoms with Gasteiger partial charge in [0, 0.05) is 12.6 Å². The lowest BCUT2D eigenvalue weighted by atomic mass is 9.98. The molecule has 0 radical (unpaired) electrons. The van der Waals surface area contributed by atoms with Crippen LogP contribution in [0.1, 0.15) is 32.3 Å². The van der Waals surface area contributed by atoms with Crippen molar-refractivity contribution in [3.05, 3.63) is 28.2 Å². The number of hydrogen-bond donors (Lipinski definition) is 1. The molecule has 1 aliphatic carbocycles. The van der Waals surface area contributed by atoms with Crippen LogP contribution in [0.15, 0.2) is 22.7 Å². The third-order valence-electron chi connectivity index (χ3n) is 3.98. The second-order valence-corrected chi connectivity index (χ2v) is 6.45. The van der Waals surface area contributed by atoms with Crippen LogP contribution < -0.4 is 10.1 Å². The van der Waals surface area contributed by atoms with Gasteiger partial charge in [0.05, 0.1) is 17.7 Å². The maximum atomic E-state index is 6.03. The largest absolute Gasteiger partial charge is 0.496 e. The summed E-state index contributed by atoms with van der Waals surface area (Å²) in [6.07, 6.45) is 3.92. The molecule has 1 aromatic rings. The molecule has 2 rings (SSSR count). The number of ether oxygens (including phenoxy) is 2. The number of likely N-dealkylation sites (N-methyl/N-ethyl adjacent to an activating group) is 1. The Morgan fingerprint density at radius 1 is 1.33 bits per heavy atom. The van der Waals surface area contributed by atoms with E-state index in [1.165, 1.54) is 18.4 Å². The summed E-state index contributed by atoms with van der Waals surface area (Å²) in [5.41, 5.74) is 1.30. The zero-order chi connectivity index (χ0) is 15.2. The molecule has 1 N–H and O–H groups in total. The van der Waals surface area contributed by atoms with Crippen LogP contribution in [0.2, 0.25) is 0 Å². The molecule has 1 aromatic carbocycles. The molecule has 3 nitrogen and oxygen atoms in total. The molecule has 0 aliphatic heterocycles. The number of benzene rings is 1. The third-order valence-corrected chi connectivity index (χ3v) is 4.60. The topological polar surface area (TPSA) is 30.5 Å². The van der Waals surface area contributed by atoms with E-state index < -0.39 is 0 Å². The Morgan fingerprint density at radius 2 is 2.10 bits per heavy atom. The molecule has 1 saturated carbocycles. The Labute approximate surface area is 136 Å². The minimum atomic E-state index is 0.329. The number of methoxy groups -OCH3 is 1. The molecule has 1 fully saturated rings. The average molecular weight is 356 g/mol. The zero-order valence-corrected chi connectivity index (χ0v) is 14.8. The highest BCUT2D eigenvalue weighted by Crippen LogP contribution is 2.37. The summed E-state index contributed by atoms with van der Waals surface area (Å²) >= 11 is 3.57. The predicted octanol–water partition coefficient (Wildman–Crippen LogP) is 3.79. The van der Waals surface area contributed by atoms with Crippen molar-refractivity contribution in [2.75, 3.05) is 20.3 Å². The highest BCUT2D eigenvalue weighted by molar-refractivity contribution is 9.10. The van der Waals surface area contributed by atoms with Crippen LogP contribution in [0.3, 0.4) is 0 Å². The van der Waals surface area contributed by atoms with E-state index in [1.807, 2.05) is 6.07 Å². The van der Waals surface area contributed by atoms with Crippen LogP contribution in [0.25, 0.3) is 0 Å². The lowest BCUT2D eigenvalue weighted by Gasteiger charge is -2.28. The summed E-state index contributed by atoms with van der Waals surface area (Å²) in [4.78, 5) is 0. The Kier molecular flexibility index (Phi) is 6.52. The summed E-state index contributed by atoms with van der Waals surface area (Å²) in [6, 6.07) is 6.70. The third kappa shape index (κ3) is 4.70. The average Bonchev–Trinajstić information content (AvgIpc) is 3.29. The summed E-state index contributed by atoms with van der Waals surface area (Å²) < 4.78 is 12.3. The van der Waals surface area contributed by atoms with Gasteiger partial charge in [-0.15, -0.1) is 0 Å². The van der Waals surface area contributed by atoms with Gasteiger partial charge < -0.3 is 14.8 Å². The van der Waals surface area contributed by atoms with E-state index in [4.69, 9.17) is 9.47 Å². The maximum Gasteiger partial charge on any atom is 0.133 e. The fraction of sp³-hybridized carbons (Fsp3) is 0.647. The van der Waals surface area contributed by atoms with Gasteiger partial charge in [0.2, 0.25) is 0 Å². The van der Waals surface area contributed by atoms with Gasteiger partial charge in [-0.3, -0.25) is 0 Å². The Balaban J connectivity index is 2.09. The van der Waals surface area contributed by atoms with Crippen molar-refractivity contribution in [3.63, 3.8) is 0 Å². The second kappa shape index (κ2) is 8.16. The molecule has 0 amide bonds. The molecule has 0 aromatic heterocycles. The molecular formula is C17H26BrNO2. The fourth-order valence-electron chi connectivity index (χ4n) is 2.86. The molecule has 2 unspecified atom stereocenters. The van der Waals surface area contributed by atoms with Gasteiger partial charge in [-0.1, -0.05) is 13.0 Å². The molecule has 1 aliphatic rings. The van der Waals surface area contributed by atoms with E-state index in [1.54, 1.807) is 7.11 Å². The van der Waals surface area contributed by atoms with E-state index in [0.29, 0.717) is 12.1 Å².